The number of benzene rings is 4. The number of allylic oxidation sites excluding steroid dienone is 6. The number of fused-ring (bicyclic) bond motifs is 6. The predicted molar refractivity (Wildman–Crippen MR) is 188 cm³/mol. The molecule has 1 atom stereocenters. The third-order valence-corrected chi connectivity index (χ3v) is 10.4. The van der Waals surface area contributed by atoms with E-state index in [4.69, 9.17) is 11.0 Å². The number of furan rings is 1. The van der Waals surface area contributed by atoms with E-state index in [0.29, 0.717) is 0 Å². The first-order chi connectivity index (χ1) is 22.8. The minimum absolute atomic E-state index is 0.615. The van der Waals surface area contributed by atoms with Crippen LogP contribution in [-0.2, 0) is 18.3 Å². The van der Waals surface area contributed by atoms with Crippen molar-refractivity contribution in [2.75, 3.05) is 4.90 Å². The van der Waals surface area contributed by atoms with Gasteiger partial charge in [0.1, 0.15) is 11.3 Å². The Morgan fingerprint density at radius 2 is 1.52 bits per heavy atom. The van der Waals surface area contributed by atoms with Crippen molar-refractivity contribution in [3.05, 3.63) is 149 Å². The smallest absolute Gasteiger partial charge is 0.137 e. The van der Waals surface area contributed by atoms with E-state index in [-0.39, 0.29) is 0 Å². The molecule has 10 rings (SSSR count). The zero-order valence-electron chi connectivity index (χ0n) is 25.4. The van der Waals surface area contributed by atoms with Crippen LogP contribution in [0.15, 0.2) is 119 Å². The number of hydrogen-bond acceptors (Lipinski definition) is 2. The van der Waals surface area contributed by atoms with Crippen molar-refractivity contribution in [1.29, 1.82) is 0 Å². The Labute approximate surface area is 269 Å². The van der Waals surface area contributed by atoms with Crippen molar-refractivity contribution in [1.82, 2.24) is 0 Å². The highest BCUT2D eigenvalue weighted by Gasteiger charge is 2.55. The molecule has 5 aliphatic carbocycles. The average molecular weight is 588 g/mol. The van der Waals surface area contributed by atoms with Crippen molar-refractivity contribution in [2.24, 2.45) is 0 Å². The highest BCUT2D eigenvalue weighted by molar-refractivity contribution is 6.05. The summed E-state index contributed by atoms with van der Waals surface area (Å²) in [7, 11) is 0. The minimum Gasteiger partial charge on any atom is -0.456 e. The van der Waals surface area contributed by atoms with Crippen LogP contribution in [0.1, 0.15) is 52.8 Å². The van der Waals surface area contributed by atoms with Gasteiger partial charge in [0.2, 0.25) is 0 Å². The van der Waals surface area contributed by atoms with Crippen LogP contribution in [0.3, 0.4) is 0 Å². The predicted octanol–water partition coefficient (Wildman–Crippen LogP) is 10.2. The Morgan fingerprint density at radius 3 is 2.37 bits per heavy atom. The topological polar surface area (TPSA) is 16.4 Å². The molecule has 0 saturated carbocycles. The van der Waals surface area contributed by atoms with Crippen LogP contribution in [0.4, 0.5) is 11.4 Å². The minimum atomic E-state index is -0.615. The molecule has 1 unspecified atom stereocenters. The van der Waals surface area contributed by atoms with Gasteiger partial charge in [0.25, 0.3) is 0 Å². The molecule has 216 valence electrons. The molecular weight excluding hydrogens is 558 g/mol. The zero-order valence-corrected chi connectivity index (χ0v) is 25.4. The summed E-state index contributed by atoms with van der Waals surface area (Å²) in [5.41, 5.74) is 16.0. The number of hydrogen-bond donors (Lipinski definition) is 0. The third kappa shape index (κ3) is 3.19. The normalized spacial score (nSPS) is 19.7. The first-order valence-corrected chi connectivity index (χ1v) is 16.2. The van der Waals surface area contributed by atoms with Gasteiger partial charge in [-0.25, -0.2) is 0 Å². The maximum absolute atomic E-state index is 6.46. The number of anilines is 2. The molecule has 0 saturated heterocycles. The summed E-state index contributed by atoms with van der Waals surface area (Å²) in [5, 5.41) is 1.17. The molecule has 46 heavy (non-hydrogen) atoms. The van der Waals surface area contributed by atoms with Gasteiger partial charge in [0, 0.05) is 28.5 Å². The third-order valence-electron chi connectivity index (χ3n) is 10.4. The van der Waals surface area contributed by atoms with Crippen LogP contribution in [0, 0.1) is 23.7 Å². The van der Waals surface area contributed by atoms with E-state index in [1.54, 1.807) is 0 Å². The van der Waals surface area contributed by atoms with Crippen LogP contribution < -0.4 is 4.90 Å². The molecule has 1 spiro atoms. The molecule has 2 heteroatoms. The Balaban J connectivity index is 1.35. The molecule has 1 aromatic heterocycles. The Bertz CT molecular complexity index is 2440. The quantitative estimate of drug-likeness (QED) is 0.195. The van der Waals surface area contributed by atoms with Crippen molar-refractivity contribution in [2.45, 2.75) is 37.5 Å². The Kier molecular flexibility index (Phi) is 5.23. The standard InChI is InChI=1S/C44H29NO/c1-28-14-4-2-5-15-29-16-10-20-31-32-21-11-22-33-34-23-12-25-37(43(34)44(28,41(29)31)42(32)33)45(30-17-6-3-7-18-30)36-24-13-27-39-40(36)35-19-8-9-26-38(35)46-39/h2,5,9-13,16-17,20-27H,1,3,6,8,15,19H2/b5-2-. The molecule has 4 aromatic carbocycles. The lowest BCUT2D eigenvalue weighted by atomic mass is 9.68. The summed E-state index contributed by atoms with van der Waals surface area (Å²) in [4.78, 5) is 2.42. The number of nitrogens with zero attached hydrogens (tertiary/aromatic N) is 1. The van der Waals surface area contributed by atoms with Crippen LogP contribution in [-0.4, -0.2) is 0 Å². The average Bonchev–Trinajstić information content (AvgIpc) is 3.75. The van der Waals surface area contributed by atoms with Gasteiger partial charge in [-0.1, -0.05) is 97.2 Å². The maximum atomic E-state index is 6.46. The van der Waals surface area contributed by atoms with Gasteiger partial charge in [0.15, 0.2) is 0 Å². The molecule has 0 radical (unpaired) electrons. The number of rotatable bonds is 3. The lowest BCUT2D eigenvalue weighted by Gasteiger charge is -2.36. The molecule has 0 amide bonds. The van der Waals surface area contributed by atoms with E-state index in [0.717, 1.165) is 66.1 Å². The molecular formula is C44H29NO. The summed E-state index contributed by atoms with van der Waals surface area (Å²) in [6.07, 6.45) is 15.4. The molecule has 2 nitrogen and oxygen atoms in total. The van der Waals surface area contributed by atoms with Gasteiger partial charge >= 0.3 is 0 Å². The molecule has 0 N–H and O–H groups in total. The highest BCUT2D eigenvalue weighted by Crippen LogP contribution is 2.67. The van der Waals surface area contributed by atoms with E-state index in [2.05, 4.69) is 126 Å². The van der Waals surface area contributed by atoms with Crippen molar-refractivity contribution >= 4 is 28.4 Å². The molecule has 0 fully saturated rings. The molecule has 0 bridgehead atoms. The lowest BCUT2D eigenvalue weighted by molar-refractivity contribution is 0.595. The fourth-order valence-electron chi connectivity index (χ4n) is 8.70. The first-order valence-electron chi connectivity index (χ1n) is 16.2. The summed E-state index contributed by atoms with van der Waals surface area (Å²) in [6, 6.07) is 26.8. The second kappa shape index (κ2) is 9.40. The van der Waals surface area contributed by atoms with Crippen LogP contribution >= 0.6 is 0 Å². The summed E-state index contributed by atoms with van der Waals surface area (Å²) in [5.74, 6) is 14.8. The van der Waals surface area contributed by atoms with Gasteiger partial charge in [-0.15, -0.1) is 0 Å². The maximum Gasteiger partial charge on any atom is 0.137 e. The van der Waals surface area contributed by atoms with Gasteiger partial charge in [0.05, 0.1) is 22.5 Å². The van der Waals surface area contributed by atoms with Crippen molar-refractivity contribution in [3.63, 3.8) is 0 Å². The molecule has 0 aliphatic heterocycles. The van der Waals surface area contributed by atoms with E-state index < -0.39 is 5.41 Å². The molecule has 5 aliphatic rings. The van der Waals surface area contributed by atoms with Crippen LogP contribution in [0.2, 0.25) is 0 Å². The largest absolute Gasteiger partial charge is 0.456 e. The zero-order chi connectivity index (χ0) is 30.4. The van der Waals surface area contributed by atoms with Gasteiger partial charge < -0.3 is 9.32 Å². The summed E-state index contributed by atoms with van der Waals surface area (Å²) in [6.45, 7) is 4.81. The molecule has 1 heterocycles. The van der Waals surface area contributed by atoms with E-state index in [1.807, 2.05) is 6.08 Å². The SMILES string of the molecule is C=C1C#C/C=C\Cc2cccc3c2C12c1c-3cccc1-c1cccc(N(C3=CCCC#C3)c3cccc4oc5c(c34)CCC=C5)c12. The van der Waals surface area contributed by atoms with E-state index in [9.17, 15) is 0 Å². The number of aryl methyl sites for hydroxylation is 1. The van der Waals surface area contributed by atoms with Crippen LogP contribution in [0.25, 0.3) is 39.3 Å². The summed E-state index contributed by atoms with van der Waals surface area (Å²) < 4.78 is 6.46. The van der Waals surface area contributed by atoms with Crippen molar-refractivity contribution in [3.8, 4) is 45.9 Å². The molecule has 5 aromatic rings. The fraction of sp³-hybridized carbons (Fsp3) is 0.136. The first kappa shape index (κ1) is 25.6. The Morgan fingerprint density at radius 1 is 0.761 bits per heavy atom. The van der Waals surface area contributed by atoms with Gasteiger partial charge in [-0.05, 0) is 101 Å². The lowest BCUT2D eigenvalue weighted by Crippen LogP contribution is -2.30. The van der Waals surface area contributed by atoms with Gasteiger partial charge in [-0.2, -0.15) is 0 Å². The van der Waals surface area contributed by atoms with Crippen molar-refractivity contribution < 1.29 is 4.42 Å². The van der Waals surface area contributed by atoms with E-state index >= 15 is 0 Å². The monoisotopic (exact) mass is 587 g/mol. The van der Waals surface area contributed by atoms with E-state index in [1.165, 1.54) is 55.5 Å². The second-order valence-corrected chi connectivity index (χ2v) is 12.7. The summed E-state index contributed by atoms with van der Waals surface area (Å²) >= 11 is 0. The Hall–Kier alpha value is -5.70. The van der Waals surface area contributed by atoms with Gasteiger partial charge in [-0.3, -0.25) is 0 Å². The fourth-order valence-corrected chi connectivity index (χ4v) is 8.70. The van der Waals surface area contributed by atoms with Crippen LogP contribution in [0.5, 0.6) is 0 Å². The highest BCUT2D eigenvalue weighted by atomic mass is 16.3. The second-order valence-electron chi connectivity index (χ2n) is 12.7.